The standard InChI is InChI=1S/C12H20N2O2S/c1-8-9(3-6-16-8)7-14-11(15)12(10(13)17)4-2-5-12/h8-9H,2-7H2,1H3,(H2,13,17)(H,14,15). The Morgan fingerprint density at radius 3 is 2.71 bits per heavy atom. The van der Waals surface area contributed by atoms with Gasteiger partial charge in [-0.05, 0) is 26.2 Å². The first kappa shape index (κ1) is 12.8. The number of carbonyl (C=O) groups is 1. The van der Waals surface area contributed by atoms with Crippen LogP contribution in [0.4, 0.5) is 0 Å². The highest BCUT2D eigenvalue weighted by Gasteiger charge is 2.47. The summed E-state index contributed by atoms with van der Waals surface area (Å²) in [5, 5.41) is 2.99. The smallest absolute Gasteiger partial charge is 0.233 e. The molecule has 2 aliphatic rings. The molecule has 2 fully saturated rings. The van der Waals surface area contributed by atoms with Crippen molar-refractivity contribution in [3.63, 3.8) is 0 Å². The molecule has 0 aromatic carbocycles. The van der Waals surface area contributed by atoms with Gasteiger partial charge in [0.15, 0.2) is 0 Å². The first-order chi connectivity index (χ1) is 8.06. The second-order valence-corrected chi connectivity index (χ2v) is 5.57. The number of hydrogen-bond donors (Lipinski definition) is 2. The number of rotatable bonds is 4. The third kappa shape index (κ3) is 2.31. The summed E-state index contributed by atoms with van der Waals surface area (Å²) in [4.78, 5) is 12.5. The molecule has 96 valence electrons. The molecule has 0 aromatic heterocycles. The molecule has 5 heteroatoms. The molecular formula is C12H20N2O2S. The highest BCUT2D eigenvalue weighted by Crippen LogP contribution is 2.41. The minimum Gasteiger partial charge on any atom is -0.392 e. The van der Waals surface area contributed by atoms with Crippen molar-refractivity contribution in [1.29, 1.82) is 0 Å². The molecule has 17 heavy (non-hydrogen) atoms. The highest BCUT2D eigenvalue weighted by molar-refractivity contribution is 7.80. The van der Waals surface area contributed by atoms with Crippen molar-refractivity contribution in [3.05, 3.63) is 0 Å². The lowest BCUT2D eigenvalue weighted by Crippen LogP contribution is -2.54. The molecule has 0 bridgehead atoms. The van der Waals surface area contributed by atoms with Crippen molar-refractivity contribution in [2.75, 3.05) is 13.2 Å². The molecule has 0 radical (unpaired) electrons. The van der Waals surface area contributed by atoms with Gasteiger partial charge in [-0.3, -0.25) is 4.79 Å². The van der Waals surface area contributed by atoms with E-state index in [1.54, 1.807) is 0 Å². The van der Waals surface area contributed by atoms with Gasteiger partial charge in [-0.15, -0.1) is 0 Å². The number of thiocarbonyl (C=S) groups is 1. The summed E-state index contributed by atoms with van der Waals surface area (Å²) < 4.78 is 5.47. The zero-order valence-corrected chi connectivity index (χ0v) is 11.0. The molecule has 1 saturated carbocycles. The zero-order chi connectivity index (χ0) is 12.5. The first-order valence-electron chi connectivity index (χ1n) is 6.26. The third-order valence-corrected chi connectivity index (χ3v) is 4.56. The van der Waals surface area contributed by atoms with Gasteiger partial charge in [-0.2, -0.15) is 0 Å². The van der Waals surface area contributed by atoms with Crippen LogP contribution in [0, 0.1) is 11.3 Å². The zero-order valence-electron chi connectivity index (χ0n) is 10.2. The molecule has 3 N–H and O–H groups in total. The summed E-state index contributed by atoms with van der Waals surface area (Å²) in [6.07, 6.45) is 3.88. The molecule has 1 aliphatic heterocycles. The van der Waals surface area contributed by atoms with Gasteiger partial charge < -0.3 is 15.8 Å². The van der Waals surface area contributed by atoms with Gasteiger partial charge in [0.1, 0.15) is 0 Å². The van der Waals surface area contributed by atoms with Crippen molar-refractivity contribution in [2.24, 2.45) is 17.1 Å². The number of carbonyl (C=O) groups excluding carboxylic acids is 1. The van der Waals surface area contributed by atoms with E-state index in [4.69, 9.17) is 22.7 Å². The molecule has 2 atom stereocenters. The second-order valence-electron chi connectivity index (χ2n) is 5.13. The SMILES string of the molecule is CC1OCCC1CNC(=O)C1(C(N)=S)CCC1. The molecule has 4 nitrogen and oxygen atoms in total. The minimum atomic E-state index is -0.558. The number of nitrogens with two attached hydrogens (primary N) is 1. The Kier molecular flexibility index (Phi) is 3.68. The Morgan fingerprint density at radius 1 is 1.59 bits per heavy atom. The summed E-state index contributed by atoms with van der Waals surface area (Å²) in [5.41, 5.74) is 5.13. The maximum Gasteiger partial charge on any atom is 0.233 e. The lowest BCUT2D eigenvalue weighted by molar-refractivity contribution is -0.131. The Balaban J connectivity index is 1.86. The van der Waals surface area contributed by atoms with Crippen LogP contribution in [0.2, 0.25) is 0 Å². The molecule has 2 rings (SSSR count). The Labute approximate surface area is 107 Å². The summed E-state index contributed by atoms with van der Waals surface area (Å²) in [7, 11) is 0. The maximum absolute atomic E-state index is 12.1. The predicted molar refractivity (Wildman–Crippen MR) is 69.6 cm³/mol. The van der Waals surface area contributed by atoms with Crippen molar-refractivity contribution in [1.82, 2.24) is 5.32 Å². The van der Waals surface area contributed by atoms with Crippen molar-refractivity contribution in [2.45, 2.75) is 38.7 Å². The van der Waals surface area contributed by atoms with Gasteiger partial charge in [-0.25, -0.2) is 0 Å². The van der Waals surface area contributed by atoms with Crippen LogP contribution in [-0.2, 0) is 9.53 Å². The summed E-state index contributed by atoms with van der Waals surface area (Å²) in [6, 6.07) is 0. The third-order valence-electron chi connectivity index (χ3n) is 4.17. The Hall–Kier alpha value is -0.680. The van der Waals surface area contributed by atoms with Crippen LogP contribution in [0.5, 0.6) is 0 Å². The number of amides is 1. The van der Waals surface area contributed by atoms with Crippen molar-refractivity contribution >= 4 is 23.1 Å². The molecule has 1 aliphatic carbocycles. The average Bonchev–Trinajstić information content (AvgIpc) is 2.58. The van der Waals surface area contributed by atoms with Gasteiger partial charge in [0.25, 0.3) is 0 Å². The molecule has 1 heterocycles. The van der Waals surface area contributed by atoms with E-state index < -0.39 is 5.41 Å². The van der Waals surface area contributed by atoms with Gasteiger partial charge in [0.05, 0.1) is 16.5 Å². The van der Waals surface area contributed by atoms with E-state index in [0.29, 0.717) is 17.5 Å². The Bertz CT molecular complexity index is 328. The quantitative estimate of drug-likeness (QED) is 0.736. The number of ether oxygens (including phenoxy) is 1. The normalized spacial score (nSPS) is 30.6. The molecule has 0 spiro atoms. The maximum atomic E-state index is 12.1. The minimum absolute atomic E-state index is 0.00958. The molecule has 1 saturated heterocycles. The fraction of sp³-hybridized carbons (Fsp3) is 0.833. The van der Waals surface area contributed by atoms with Crippen LogP contribution in [0.25, 0.3) is 0 Å². The summed E-state index contributed by atoms with van der Waals surface area (Å²) >= 11 is 5.02. The predicted octanol–water partition coefficient (Wildman–Crippen LogP) is 0.984. The lowest BCUT2D eigenvalue weighted by Gasteiger charge is -2.39. The first-order valence-corrected chi connectivity index (χ1v) is 6.67. The summed E-state index contributed by atoms with van der Waals surface area (Å²) in [5.74, 6) is 0.428. The van der Waals surface area contributed by atoms with E-state index in [1.807, 2.05) is 0 Å². The number of nitrogens with one attached hydrogen (secondary N) is 1. The van der Waals surface area contributed by atoms with E-state index in [1.165, 1.54) is 0 Å². The van der Waals surface area contributed by atoms with E-state index >= 15 is 0 Å². The van der Waals surface area contributed by atoms with Gasteiger partial charge in [0, 0.05) is 19.1 Å². The number of hydrogen-bond acceptors (Lipinski definition) is 3. The molecule has 0 aromatic rings. The average molecular weight is 256 g/mol. The van der Waals surface area contributed by atoms with E-state index in [0.717, 1.165) is 32.3 Å². The van der Waals surface area contributed by atoms with Crippen LogP contribution in [0.3, 0.4) is 0 Å². The van der Waals surface area contributed by atoms with E-state index in [-0.39, 0.29) is 12.0 Å². The fourth-order valence-corrected chi connectivity index (χ4v) is 2.85. The van der Waals surface area contributed by atoms with Crippen LogP contribution in [0.1, 0.15) is 32.6 Å². The van der Waals surface area contributed by atoms with Crippen LogP contribution < -0.4 is 11.1 Å². The summed E-state index contributed by atoms with van der Waals surface area (Å²) in [6.45, 7) is 3.52. The van der Waals surface area contributed by atoms with Crippen molar-refractivity contribution in [3.8, 4) is 0 Å². The van der Waals surface area contributed by atoms with Gasteiger partial charge in [0.2, 0.25) is 5.91 Å². The van der Waals surface area contributed by atoms with Crippen LogP contribution >= 0.6 is 12.2 Å². The second kappa shape index (κ2) is 4.90. The fourth-order valence-electron chi connectivity index (χ4n) is 2.55. The molecular weight excluding hydrogens is 236 g/mol. The van der Waals surface area contributed by atoms with E-state index in [9.17, 15) is 4.79 Å². The van der Waals surface area contributed by atoms with Gasteiger partial charge >= 0.3 is 0 Å². The highest BCUT2D eigenvalue weighted by atomic mass is 32.1. The van der Waals surface area contributed by atoms with Crippen LogP contribution in [-0.4, -0.2) is 30.2 Å². The molecule has 2 unspecified atom stereocenters. The van der Waals surface area contributed by atoms with Crippen LogP contribution in [0.15, 0.2) is 0 Å². The molecule has 1 amide bonds. The van der Waals surface area contributed by atoms with E-state index in [2.05, 4.69) is 12.2 Å². The van der Waals surface area contributed by atoms with Crippen molar-refractivity contribution < 1.29 is 9.53 Å². The topological polar surface area (TPSA) is 64.3 Å². The van der Waals surface area contributed by atoms with Gasteiger partial charge in [-0.1, -0.05) is 18.6 Å². The Morgan fingerprint density at radius 2 is 2.29 bits per heavy atom. The lowest BCUT2D eigenvalue weighted by atomic mass is 9.68. The monoisotopic (exact) mass is 256 g/mol. The largest absolute Gasteiger partial charge is 0.392 e.